The van der Waals surface area contributed by atoms with Gasteiger partial charge in [-0.3, -0.25) is 23.0 Å². The van der Waals surface area contributed by atoms with Crippen LogP contribution in [-0.4, -0.2) is 155 Å². The van der Waals surface area contributed by atoms with E-state index in [1.807, 2.05) is 35.8 Å². The monoisotopic (exact) mass is 1380 g/mol. The minimum Gasteiger partial charge on any atom is -0.460 e. The first kappa shape index (κ1) is 70.9. The number of rotatable bonds is 25. The molecule has 8 rings (SSSR count). The Bertz CT molecular complexity index is 4100. The maximum Gasteiger partial charge on any atom is 0.488 e. The van der Waals surface area contributed by atoms with Crippen molar-refractivity contribution in [2.24, 2.45) is 5.41 Å². The van der Waals surface area contributed by atoms with Crippen molar-refractivity contribution in [2.75, 3.05) is 49.2 Å². The summed E-state index contributed by atoms with van der Waals surface area (Å²) < 4.78 is 128. The Labute approximate surface area is 530 Å². The summed E-state index contributed by atoms with van der Waals surface area (Å²) in [7, 11) is -20.5. The van der Waals surface area contributed by atoms with Crippen LogP contribution in [0.15, 0.2) is 96.2 Å². The number of amides is 2. The molecule has 2 aromatic carbocycles. The zero-order chi connectivity index (χ0) is 67.0. The van der Waals surface area contributed by atoms with E-state index in [0.717, 1.165) is 58.7 Å². The zero-order valence-electron chi connectivity index (χ0n) is 50.6. The number of anilines is 2. The highest BCUT2D eigenvalue weighted by molar-refractivity contribution is 8.08. The molecule has 2 aromatic heterocycles. The Hall–Kier alpha value is -5.93. The number of carbonyl (C=O) groups excluding carboxylic acids is 2. The number of benzene rings is 2. The van der Waals surface area contributed by atoms with Crippen molar-refractivity contribution in [1.82, 2.24) is 30.2 Å². The number of aliphatic hydroxyl groups excluding tert-OH is 1. The molecule has 4 aromatic rings. The van der Waals surface area contributed by atoms with Gasteiger partial charge in [0, 0.05) is 78.5 Å². The summed E-state index contributed by atoms with van der Waals surface area (Å²) in [5.74, 6) is 0.368. The molecular weight excluding hydrogens is 1310 g/mol. The average molecular weight is 1390 g/mol. The van der Waals surface area contributed by atoms with Crippen LogP contribution in [0, 0.1) is 5.41 Å². The number of ether oxygens (including phenoxy) is 3. The fraction of sp³-hybridized carbons (Fsp3) is 0.455. The average Bonchev–Trinajstić information content (AvgIpc) is 1.11. The molecule has 11 N–H and O–H groups in total. The predicted octanol–water partition coefficient (Wildman–Crippen LogP) is 6.63. The summed E-state index contributed by atoms with van der Waals surface area (Å²) in [6.45, 7) is 11.0. The first-order valence-corrected chi connectivity index (χ1v) is 37.0. The third-order valence-electron chi connectivity index (χ3n) is 15.3. The Kier molecular flexibility index (Phi) is 21.2. The fourth-order valence-corrected chi connectivity index (χ4v) is 16.1. The summed E-state index contributed by atoms with van der Waals surface area (Å²) in [5, 5.41) is 16.5. The number of phosphoric ester groups is 1. The van der Waals surface area contributed by atoms with E-state index in [9.17, 15) is 69.3 Å². The summed E-state index contributed by atoms with van der Waals surface area (Å²) in [4.78, 5) is 79.3. The molecule has 1 fully saturated rings. The number of hydrogen-bond acceptors (Lipinski definition) is 21. The molecule has 3 unspecified atom stereocenters. The number of hydrogen-bond donors (Lipinski definition) is 10. The topological polar surface area (TPSA) is 433 Å². The number of aliphatic hydroxyl groups is 1. The number of nitrogens with two attached hydrogens (primary N) is 1. The lowest BCUT2D eigenvalue weighted by Crippen LogP contribution is -2.45. The van der Waals surface area contributed by atoms with E-state index in [1.54, 1.807) is 12.2 Å². The van der Waals surface area contributed by atoms with Crippen molar-refractivity contribution >= 4 is 112 Å². The van der Waals surface area contributed by atoms with Crippen LogP contribution in [0.4, 0.5) is 22.0 Å². The molecular formula is C55H73N9O21P3S3+. The van der Waals surface area contributed by atoms with E-state index in [1.165, 1.54) is 22.8 Å². The Balaban J connectivity index is 0.970. The van der Waals surface area contributed by atoms with Gasteiger partial charge in [-0.2, -0.15) is 25.7 Å². The summed E-state index contributed by atoms with van der Waals surface area (Å²) in [6.07, 6.45) is 8.00. The number of fused-ring (bicyclic) bond motifs is 4. The predicted molar refractivity (Wildman–Crippen MR) is 337 cm³/mol. The van der Waals surface area contributed by atoms with Crippen LogP contribution in [0.2, 0.25) is 0 Å². The van der Waals surface area contributed by atoms with Gasteiger partial charge in [0.1, 0.15) is 42.1 Å². The molecule has 496 valence electrons. The highest BCUT2D eigenvalue weighted by Gasteiger charge is 2.51. The van der Waals surface area contributed by atoms with Gasteiger partial charge >= 0.3 is 28.5 Å². The van der Waals surface area contributed by atoms with E-state index in [4.69, 9.17) is 24.5 Å². The van der Waals surface area contributed by atoms with E-state index < -0.39 is 102 Å². The lowest BCUT2D eigenvalue weighted by Gasteiger charge is -2.43. The van der Waals surface area contributed by atoms with Crippen molar-refractivity contribution in [1.29, 1.82) is 0 Å². The first-order chi connectivity index (χ1) is 42.2. The first-order valence-electron chi connectivity index (χ1n) is 28.3. The lowest BCUT2D eigenvalue weighted by molar-refractivity contribution is -0.437. The van der Waals surface area contributed by atoms with Crippen molar-refractivity contribution in [2.45, 2.75) is 121 Å². The molecule has 1 saturated heterocycles. The molecule has 6 heterocycles. The number of nitrogens with zero attached hydrogens (tertiary/aromatic N) is 6. The van der Waals surface area contributed by atoms with Crippen LogP contribution in [0.25, 0.3) is 22.3 Å². The number of allylic oxidation sites excluding steroid dienone is 9. The second kappa shape index (κ2) is 27.2. The number of carbonyl (C=O) groups is 2. The third kappa shape index (κ3) is 17.1. The number of nitrogens with one attached hydrogen (secondary N) is 2. The van der Waals surface area contributed by atoms with Gasteiger partial charge in [0.05, 0.1) is 34.5 Å². The Morgan fingerprint density at radius 3 is 2.33 bits per heavy atom. The molecule has 0 aliphatic carbocycles. The second-order valence-electron chi connectivity index (χ2n) is 23.5. The molecule has 4 aliphatic rings. The molecule has 30 nitrogen and oxygen atoms in total. The van der Waals surface area contributed by atoms with Crippen LogP contribution in [0.5, 0.6) is 5.75 Å². The van der Waals surface area contributed by atoms with Crippen molar-refractivity contribution in [3.05, 3.63) is 108 Å². The summed E-state index contributed by atoms with van der Waals surface area (Å²) >= 11 is 4.11. The maximum absolute atomic E-state index is 13.5. The van der Waals surface area contributed by atoms with Gasteiger partial charge in [-0.15, -0.1) is 0 Å². The van der Waals surface area contributed by atoms with Gasteiger partial charge in [-0.05, 0) is 94.7 Å². The number of alkyl carbamates (subject to hydrolysis) is 1. The van der Waals surface area contributed by atoms with Crippen LogP contribution >= 0.6 is 22.4 Å². The lowest BCUT2D eigenvalue weighted by atomic mass is 9.75. The van der Waals surface area contributed by atoms with Crippen molar-refractivity contribution in [3.63, 3.8) is 0 Å². The largest absolute Gasteiger partial charge is 0.488 e. The maximum atomic E-state index is 13.5. The molecule has 91 heavy (non-hydrogen) atoms. The quantitative estimate of drug-likeness (QED) is 0.0109. The van der Waals surface area contributed by atoms with Crippen LogP contribution in [0.3, 0.4) is 0 Å². The molecule has 2 amide bonds. The second-order valence-corrected chi connectivity index (χ2v) is 32.3. The molecule has 0 saturated carbocycles. The fourth-order valence-electron chi connectivity index (χ4n) is 11.3. The Morgan fingerprint density at radius 1 is 0.945 bits per heavy atom. The van der Waals surface area contributed by atoms with Crippen molar-refractivity contribution < 1.29 is 101 Å². The van der Waals surface area contributed by atoms with Gasteiger partial charge in [-0.25, -0.2) is 33.2 Å². The third-order valence-corrected chi connectivity index (χ3v) is 21.4. The van der Waals surface area contributed by atoms with E-state index >= 15 is 0 Å². The van der Waals surface area contributed by atoms with Crippen LogP contribution in [0.1, 0.15) is 104 Å². The number of aromatic nitrogens is 4. The summed E-state index contributed by atoms with van der Waals surface area (Å²) in [6, 6.07) is 8.30. The SMILES string of the molecule is CCN1c2cc3c(cc2C(C)=CC1(C)C)C(=CC=CC=CC1=[N+](CCCS(=O)(=O)O)c2ccc(S(=O)(=O)O)cc2C1(C)CCCC(=O)NCCNC(=O)O[C@H]1[C@@H](O)[C@H](n2cnc4c(N)ncnc42)O[C@@H]1COP(=O)(O)OP(=O)(O)OP(O)(O)=S)C=C(C(C)(C)C)O3. The molecule has 0 spiro atoms. The van der Waals surface area contributed by atoms with E-state index in [0.29, 0.717) is 17.0 Å². The Morgan fingerprint density at radius 2 is 1.66 bits per heavy atom. The minimum atomic E-state index is -5.74. The number of nitrogen functional groups attached to an aromatic ring is 1. The van der Waals surface area contributed by atoms with E-state index in [-0.39, 0.29) is 73.3 Å². The zero-order valence-corrected chi connectivity index (χ0v) is 55.8. The molecule has 0 radical (unpaired) electrons. The van der Waals surface area contributed by atoms with Gasteiger partial charge in [0.2, 0.25) is 11.6 Å². The van der Waals surface area contributed by atoms with Gasteiger partial charge in [0.25, 0.3) is 20.2 Å². The summed E-state index contributed by atoms with van der Waals surface area (Å²) in [5.41, 5.74) is 11.0. The molecule has 0 bridgehead atoms. The molecule has 7 atom stereocenters. The van der Waals surface area contributed by atoms with E-state index in [2.05, 4.69) is 118 Å². The normalized spacial score (nSPS) is 22.7. The number of likely N-dealkylation sites (N-methyl/N-ethyl adjacent to an activating group) is 1. The van der Waals surface area contributed by atoms with Gasteiger partial charge in [0.15, 0.2) is 29.5 Å². The number of imidazole rings is 1. The number of phosphoric acid groups is 2. The molecule has 4 aliphatic heterocycles. The smallest absolute Gasteiger partial charge is 0.460 e. The van der Waals surface area contributed by atoms with Crippen LogP contribution in [-0.2, 0) is 74.0 Å². The highest BCUT2D eigenvalue weighted by atomic mass is 32.5. The van der Waals surface area contributed by atoms with Gasteiger partial charge < -0.3 is 60.2 Å². The standard InChI is InChI=1S/C55H72N9O21P3S3/c1-9-64-40-28-41-37(27-36(40)33(2)29-54(64,6)7)34(25-44(81-41)53(3,4)5)15-11-10-12-16-43-55(8,38-26-35(91(77,78)79)18-19-39(38)62(43)23-14-24-90(74,75)76)20-13-17-45(65)57-21-22-58-52(67)83-48-42(30-80-86(68,69)84-87(70,71)85-88(72,73)89)82-51(47(48)66)63-32-61-46-49(56)59-31-60-50(46)63/h10-12,15-16,18-19,25-29,31-32,42,47-48,51,66H,9,13-14,17,20-24,30H2,1-8H3,(H9-,56,57,58,59,60,65,67,68,69,70,71,72,73,74,75,76,77,78,79,89)/p+1/t42-,47-,48-,51-,55?/m1/s1. The van der Waals surface area contributed by atoms with Crippen LogP contribution < -0.4 is 26.0 Å². The minimum absolute atomic E-state index is 0.0389. The van der Waals surface area contributed by atoms with Gasteiger partial charge in [-0.1, -0.05) is 51.2 Å². The molecule has 36 heteroatoms. The van der Waals surface area contributed by atoms with Crippen molar-refractivity contribution in [3.8, 4) is 5.75 Å². The highest BCUT2D eigenvalue weighted by Crippen LogP contribution is 2.66.